The van der Waals surface area contributed by atoms with Crippen LogP contribution in [0.25, 0.3) is 0 Å². The Morgan fingerprint density at radius 2 is 1.86 bits per heavy atom. The minimum Gasteiger partial charge on any atom is -0.326 e. The van der Waals surface area contributed by atoms with Crippen LogP contribution in [0, 0.1) is 0 Å². The highest BCUT2D eigenvalue weighted by Crippen LogP contribution is 2.34. The summed E-state index contributed by atoms with van der Waals surface area (Å²) in [5.41, 5.74) is 4.16. The summed E-state index contributed by atoms with van der Waals surface area (Å²) in [4.78, 5) is 0. The molecule has 1 aliphatic heterocycles. The van der Waals surface area contributed by atoms with Crippen LogP contribution in [-0.2, 0) is 22.9 Å². The number of anilines is 1. The van der Waals surface area contributed by atoms with Crippen LogP contribution in [0.4, 0.5) is 18.9 Å². The number of benzene rings is 1. The minimum absolute atomic E-state index is 0.0772. The largest absolute Gasteiger partial charge is 0.416 e. The lowest BCUT2D eigenvalue weighted by atomic mass is 10.1. The van der Waals surface area contributed by atoms with Crippen molar-refractivity contribution in [3.63, 3.8) is 0 Å². The molecule has 1 heterocycles. The summed E-state index contributed by atoms with van der Waals surface area (Å²) in [7, 11) is -3.81. The van der Waals surface area contributed by atoms with E-state index in [-0.39, 0.29) is 17.8 Å². The normalized spacial score (nSPS) is 17.1. The fourth-order valence-electron chi connectivity index (χ4n) is 2.22. The van der Waals surface area contributed by atoms with Crippen molar-refractivity contribution in [2.45, 2.75) is 25.6 Å². The molecule has 0 atom stereocenters. The fourth-order valence-corrected chi connectivity index (χ4v) is 3.52. The third-order valence-electron chi connectivity index (χ3n) is 3.29. The van der Waals surface area contributed by atoms with Crippen LogP contribution in [0.3, 0.4) is 0 Å². The van der Waals surface area contributed by atoms with Crippen molar-refractivity contribution in [3.8, 4) is 0 Å². The van der Waals surface area contributed by atoms with Gasteiger partial charge in [-0.3, -0.25) is 4.72 Å². The Bertz CT molecular complexity index is 611. The monoisotopic (exact) mass is 323 g/mol. The van der Waals surface area contributed by atoms with Gasteiger partial charge in [0.2, 0.25) is 0 Å². The molecule has 1 aromatic carbocycles. The van der Waals surface area contributed by atoms with Crippen LogP contribution in [0.1, 0.15) is 24.0 Å². The summed E-state index contributed by atoms with van der Waals surface area (Å²) >= 11 is 0. The summed E-state index contributed by atoms with van der Waals surface area (Å²) in [5.74, 6) is 0. The molecular weight excluding hydrogens is 307 g/mol. The van der Waals surface area contributed by atoms with Gasteiger partial charge in [-0.25, -0.2) is 0 Å². The first-order chi connectivity index (χ1) is 9.74. The molecule has 2 rings (SSSR count). The van der Waals surface area contributed by atoms with E-state index in [1.165, 1.54) is 16.4 Å². The highest BCUT2D eigenvalue weighted by molar-refractivity contribution is 7.90. The number of hydrogen-bond acceptors (Lipinski definition) is 3. The van der Waals surface area contributed by atoms with E-state index in [1.807, 2.05) is 0 Å². The van der Waals surface area contributed by atoms with Gasteiger partial charge in [-0.05, 0) is 30.5 Å². The molecule has 0 unspecified atom stereocenters. The van der Waals surface area contributed by atoms with Gasteiger partial charge in [0.05, 0.1) is 11.3 Å². The Kier molecular flexibility index (Phi) is 4.45. The summed E-state index contributed by atoms with van der Waals surface area (Å²) in [6.07, 6.45) is -3.08. The maximum atomic E-state index is 12.9. The maximum Gasteiger partial charge on any atom is 0.416 e. The van der Waals surface area contributed by atoms with E-state index >= 15 is 0 Å². The molecule has 0 bridgehead atoms. The number of halogens is 3. The number of rotatable bonds is 4. The molecule has 9 heteroatoms. The zero-order valence-corrected chi connectivity index (χ0v) is 12.0. The van der Waals surface area contributed by atoms with Crippen LogP contribution in [-0.4, -0.2) is 25.8 Å². The highest BCUT2D eigenvalue weighted by atomic mass is 32.2. The van der Waals surface area contributed by atoms with Crippen LogP contribution >= 0.6 is 0 Å². The van der Waals surface area contributed by atoms with Crippen molar-refractivity contribution in [1.29, 1.82) is 0 Å². The third-order valence-corrected chi connectivity index (χ3v) is 4.83. The van der Waals surface area contributed by atoms with Gasteiger partial charge in [0.1, 0.15) is 0 Å². The second kappa shape index (κ2) is 5.82. The molecule has 1 fully saturated rings. The van der Waals surface area contributed by atoms with Crippen molar-refractivity contribution in [2.24, 2.45) is 5.73 Å². The van der Waals surface area contributed by atoms with Crippen molar-refractivity contribution in [1.82, 2.24) is 4.31 Å². The zero-order chi connectivity index (χ0) is 15.7. The molecule has 0 saturated carbocycles. The first-order valence-electron chi connectivity index (χ1n) is 6.42. The highest BCUT2D eigenvalue weighted by Gasteiger charge is 2.34. The summed E-state index contributed by atoms with van der Waals surface area (Å²) < 4.78 is 66.2. The number of nitrogens with two attached hydrogens (primary N) is 1. The number of alkyl halides is 3. The molecule has 5 nitrogen and oxygen atoms in total. The molecule has 0 aromatic heterocycles. The van der Waals surface area contributed by atoms with Crippen molar-refractivity contribution >= 4 is 15.9 Å². The average molecular weight is 323 g/mol. The summed E-state index contributed by atoms with van der Waals surface area (Å²) in [5, 5.41) is 0. The lowest BCUT2D eigenvalue weighted by Crippen LogP contribution is -2.33. The van der Waals surface area contributed by atoms with Gasteiger partial charge in [-0.2, -0.15) is 25.9 Å². The Morgan fingerprint density at radius 3 is 2.38 bits per heavy atom. The van der Waals surface area contributed by atoms with E-state index in [1.54, 1.807) is 0 Å². The Morgan fingerprint density at radius 1 is 1.24 bits per heavy atom. The van der Waals surface area contributed by atoms with E-state index in [0.717, 1.165) is 18.9 Å². The quantitative estimate of drug-likeness (QED) is 0.889. The average Bonchev–Trinajstić information content (AvgIpc) is 2.92. The predicted molar refractivity (Wildman–Crippen MR) is 72.7 cm³/mol. The topological polar surface area (TPSA) is 75.4 Å². The third kappa shape index (κ3) is 3.66. The van der Waals surface area contributed by atoms with Gasteiger partial charge < -0.3 is 5.73 Å². The summed E-state index contributed by atoms with van der Waals surface area (Å²) in [6, 6.07) is 3.24. The first-order valence-corrected chi connectivity index (χ1v) is 7.86. The predicted octanol–water partition coefficient (Wildman–Crippen LogP) is 1.92. The van der Waals surface area contributed by atoms with Crippen LogP contribution in [0.2, 0.25) is 0 Å². The lowest BCUT2D eigenvalue weighted by Gasteiger charge is -2.18. The van der Waals surface area contributed by atoms with E-state index in [9.17, 15) is 21.6 Å². The Balaban J connectivity index is 2.29. The van der Waals surface area contributed by atoms with Crippen molar-refractivity contribution in [2.75, 3.05) is 17.8 Å². The van der Waals surface area contributed by atoms with Crippen molar-refractivity contribution in [3.05, 3.63) is 29.3 Å². The molecular formula is C12H16F3N3O2S. The van der Waals surface area contributed by atoms with Crippen LogP contribution < -0.4 is 10.5 Å². The Labute approximate surface area is 121 Å². The SMILES string of the molecule is NCc1ccc(NS(=O)(=O)N2CCCC2)cc1C(F)(F)F. The Hall–Kier alpha value is -1.32. The van der Waals surface area contributed by atoms with Crippen molar-refractivity contribution < 1.29 is 21.6 Å². The van der Waals surface area contributed by atoms with Gasteiger partial charge >= 0.3 is 16.4 Å². The number of nitrogens with one attached hydrogen (secondary N) is 1. The van der Waals surface area contributed by atoms with Gasteiger partial charge in [0.25, 0.3) is 0 Å². The lowest BCUT2D eigenvalue weighted by molar-refractivity contribution is -0.138. The molecule has 21 heavy (non-hydrogen) atoms. The molecule has 118 valence electrons. The van der Waals surface area contributed by atoms with Crippen LogP contribution in [0.5, 0.6) is 0 Å². The van der Waals surface area contributed by atoms with Crippen LogP contribution in [0.15, 0.2) is 18.2 Å². The minimum atomic E-state index is -4.58. The molecule has 1 aliphatic rings. The van der Waals surface area contributed by atoms with E-state index in [4.69, 9.17) is 5.73 Å². The molecule has 3 N–H and O–H groups in total. The summed E-state index contributed by atoms with van der Waals surface area (Å²) in [6.45, 7) is 0.485. The van der Waals surface area contributed by atoms with E-state index in [2.05, 4.69) is 4.72 Å². The molecule has 0 spiro atoms. The number of hydrogen-bond donors (Lipinski definition) is 2. The fraction of sp³-hybridized carbons (Fsp3) is 0.500. The first kappa shape index (κ1) is 16.1. The second-order valence-electron chi connectivity index (χ2n) is 4.79. The smallest absolute Gasteiger partial charge is 0.326 e. The molecule has 0 amide bonds. The molecule has 0 aliphatic carbocycles. The van der Waals surface area contributed by atoms with Gasteiger partial charge in [0, 0.05) is 19.6 Å². The molecule has 1 saturated heterocycles. The molecule has 1 aromatic rings. The van der Waals surface area contributed by atoms with E-state index in [0.29, 0.717) is 13.1 Å². The standard InChI is InChI=1S/C12H16F3N3O2S/c13-12(14,15)11-7-10(4-3-9(11)8-16)17-21(19,20)18-5-1-2-6-18/h3-4,7,17H,1-2,5-6,8,16H2. The van der Waals surface area contributed by atoms with E-state index < -0.39 is 21.9 Å². The maximum absolute atomic E-state index is 12.9. The zero-order valence-electron chi connectivity index (χ0n) is 11.2. The molecule has 0 radical (unpaired) electrons. The number of nitrogens with zero attached hydrogens (tertiary/aromatic N) is 1. The van der Waals surface area contributed by atoms with Gasteiger partial charge in [-0.1, -0.05) is 6.07 Å². The van der Waals surface area contributed by atoms with Gasteiger partial charge in [0.15, 0.2) is 0 Å². The second-order valence-corrected chi connectivity index (χ2v) is 6.46. The van der Waals surface area contributed by atoms with Gasteiger partial charge in [-0.15, -0.1) is 0 Å².